The van der Waals surface area contributed by atoms with Crippen molar-refractivity contribution in [2.45, 2.75) is 0 Å². The molecule has 0 aliphatic carbocycles. The Bertz CT molecular complexity index is 645. The third-order valence-electron chi connectivity index (χ3n) is 2.48. The SMILES string of the molecule is O=C(Oc1c(O)cccc1O)c1ccc([N+](=O)[O-])cc1. The maximum absolute atomic E-state index is 11.8. The topological polar surface area (TPSA) is 110 Å². The van der Waals surface area contributed by atoms with E-state index in [-0.39, 0.29) is 28.5 Å². The predicted molar refractivity (Wildman–Crippen MR) is 67.8 cm³/mol. The first-order valence-corrected chi connectivity index (χ1v) is 5.46. The highest BCUT2D eigenvalue weighted by Gasteiger charge is 2.16. The molecule has 0 aliphatic heterocycles. The van der Waals surface area contributed by atoms with Gasteiger partial charge in [0.05, 0.1) is 10.5 Å². The first kappa shape index (κ1) is 13.3. The molecule has 0 radical (unpaired) electrons. The predicted octanol–water partition coefficient (Wildman–Crippen LogP) is 2.23. The number of rotatable bonds is 3. The molecule has 2 N–H and O–H groups in total. The molecule has 0 spiro atoms. The molecule has 0 unspecified atom stereocenters. The minimum Gasteiger partial charge on any atom is -0.504 e. The third-order valence-corrected chi connectivity index (χ3v) is 2.48. The van der Waals surface area contributed by atoms with E-state index < -0.39 is 10.9 Å². The van der Waals surface area contributed by atoms with Gasteiger partial charge in [-0.25, -0.2) is 4.79 Å². The monoisotopic (exact) mass is 275 g/mol. The number of aromatic hydroxyl groups is 2. The highest BCUT2D eigenvalue weighted by atomic mass is 16.6. The number of nitrogens with zero attached hydrogens (tertiary/aromatic N) is 1. The van der Waals surface area contributed by atoms with Crippen molar-refractivity contribution < 1.29 is 24.7 Å². The van der Waals surface area contributed by atoms with Gasteiger partial charge in [0.1, 0.15) is 0 Å². The normalized spacial score (nSPS) is 10.0. The fourth-order valence-electron chi connectivity index (χ4n) is 1.49. The Kier molecular flexibility index (Phi) is 3.52. The van der Waals surface area contributed by atoms with Gasteiger partial charge in [-0.15, -0.1) is 0 Å². The standard InChI is InChI=1S/C13H9NO6/c15-10-2-1-3-11(16)12(10)20-13(17)8-4-6-9(7-5-8)14(18)19/h1-7,15-16H. The summed E-state index contributed by atoms with van der Waals surface area (Å²) in [4.78, 5) is 21.7. The number of hydrogen-bond donors (Lipinski definition) is 2. The summed E-state index contributed by atoms with van der Waals surface area (Å²) < 4.78 is 4.85. The van der Waals surface area contributed by atoms with Gasteiger partial charge in [0.25, 0.3) is 5.69 Å². The fraction of sp³-hybridized carbons (Fsp3) is 0. The number of hydrogen-bond acceptors (Lipinski definition) is 6. The number of nitro benzene ring substituents is 1. The van der Waals surface area contributed by atoms with Gasteiger partial charge in [-0.05, 0) is 24.3 Å². The van der Waals surface area contributed by atoms with Crippen LogP contribution in [0, 0.1) is 10.1 Å². The van der Waals surface area contributed by atoms with E-state index in [1.807, 2.05) is 0 Å². The number of phenolic OH excluding ortho intramolecular Hbond substituents is 2. The largest absolute Gasteiger partial charge is 0.504 e. The highest BCUT2D eigenvalue weighted by molar-refractivity contribution is 5.91. The summed E-state index contributed by atoms with van der Waals surface area (Å²) in [7, 11) is 0. The van der Waals surface area contributed by atoms with Gasteiger partial charge in [-0.1, -0.05) is 6.07 Å². The van der Waals surface area contributed by atoms with Crippen molar-refractivity contribution in [3.05, 3.63) is 58.1 Å². The van der Waals surface area contributed by atoms with Gasteiger partial charge in [0.2, 0.25) is 5.75 Å². The maximum atomic E-state index is 11.8. The Balaban J connectivity index is 2.22. The molecule has 0 aromatic heterocycles. The summed E-state index contributed by atoms with van der Waals surface area (Å²) in [6, 6.07) is 8.63. The van der Waals surface area contributed by atoms with E-state index in [0.29, 0.717) is 0 Å². The van der Waals surface area contributed by atoms with E-state index in [1.165, 1.54) is 30.3 Å². The van der Waals surface area contributed by atoms with Crippen molar-refractivity contribution in [1.29, 1.82) is 0 Å². The molecule has 0 aliphatic rings. The molecular weight excluding hydrogens is 266 g/mol. The molecule has 0 heterocycles. The number of phenols is 2. The lowest BCUT2D eigenvalue weighted by atomic mass is 10.2. The number of benzene rings is 2. The van der Waals surface area contributed by atoms with Gasteiger partial charge < -0.3 is 14.9 Å². The average Bonchev–Trinajstić information content (AvgIpc) is 2.43. The summed E-state index contributed by atoms with van der Waals surface area (Å²) in [5.74, 6) is -1.99. The molecule has 0 saturated heterocycles. The Morgan fingerprint density at radius 2 is 1.60 bits per heavy atom. The fourth-order valence-corrected chi connectivity index (χ4v) is 1.49. The lowest BCUT2D eigenvalue weighted by molar-refractivity contribution is -0.384. The number of ether oxygens (including phenoxy) is 1. The molecule has 0 bridgehead atoms. The van der Waals surface area contributed by atoms with Crippen molar-refractivity contribution in [2.75, 3.05) is 0 Å². The van der Waals surface area contributed by atoms with Crippen molar-refractivity contribution >= 4 is 11.7 Å². The second-order valence-corrected chi connectivity index (χ2v) is 3.82. The van der Waals surface area contributed by atoms with Crippen LogP contribution in [-0.2, 0) is 0 Å². The van der Waals surface area contributed by atoms with E-state index in [9.17, 15) is 25.1 Å². The molecular formula is C13H9NO6. The van der Waals surface area contributed by atoms with Gasteiger partial charge in [-0.3, -0.25) is 10.1 Å². The van der Waals surface area contributed by atoms with Crippen molar-refractivity contribution in [2.24, 2.45) is 0 Å². The van der Waals surface area contributed by atoms with Gasteiger partial charge in [0.15, 0.2) is 11.5 Å². The van der Waals surface area contributed by atoms with Crippen LogP contribution < -0.4 is 4.74 Å². The average molecular weight is 275 g/mol. The number of nitro groups is 1. The van der Waals surface area contributed by atoms with Crippen LogP contribution >= 0.6 is 0 Å². The molecule has 102 valence electrons. The second-order valence-electron chi connectivity index (χ2n) is 3.82. The Morgan fingerprint density at radius 1 is 1.05 bits per heavy atom. The molecule has 2 aromatic rings. The summed E-state index contributed by atoms with van der Waals surface area (Å²) in [6.07, 6.45) is 0. The van der Waals surface area contributed by atoms with E-state index in [2.05, 4.69) is 0 Å². The number of para-hydroxylation sites is 1. The Labute approximate surface area is 112 Å². The van der Waals surface area contributed by atoms with E-state index in [0.717, 1.165) is 12.1 Å². The Morgan fingerprint density at radius 3 is 2.10 bits per heavy atom. The first-order valence-electron chi connectivity index (χ1n) is 5.46. The van der Waals surface area contributed by atoms with Crippen LogP contribution in [0.3, 0.4) is 0 Å². The lowest BCUT2D eigenvalue weighted by Crippen LogP contribution is -2.08. The highest BCUT2D eigenvalue weighted by Crippen LogP contribution is 2.35. The zero-order valence-corrected chi connectivity index (χ0v) is 10.0. The third kappa shape index (κ3) is 2.66. The van der Waals surface area contributed by atoms with Crippen LogP contribution in [0.25, 0.3) is 0 Å². The van der Waals surface area contributed by atoms with Crippen molar-refractivity contribution in [3.63, 3.8) is 0 Å². The first-order chi connectivity index (χ1) is 9.49. The van der Waals surface area contributed by atoms with E-state index in [1.54, 1.807) is 0 Å². The molecule has 20 heavy (non-hydrogen) atoms. The number of non-ortho nitro benzene ring substituents is 1. The summed E-state index contributed by atoms with van der Waals surface area (Å²) >= 11 is 0. The maximum Gasteiger partial charge on any atom is 0.343 e. The number of carbonyl (C=O) groups excluding carboxylic acids is 1. The Hall–Kier alpha value is -3.09. The van der Waals surface area contributed by atoms with Crippen LogP contribution in [0.1, 0.15) is 10.4 Å². The van der Waals surface area contributed by atoms with Crippen LogP contribution in [0.2, 0.25) is 0 Å². The van der Waals surface area contributed by atoms with Crippen LogP contribution in [-0.4, -0.2) is 21.1 Å². The lowest BCUT2D eigenvalue weighted by Gasteiger charge is -2.07. The molecule has 0 atom stereocenters. The number of carbonyl (C=O) groups is 1. The van der Waals surface area contributed by atoms with Gasteiger partial charge in [0, 0.05) is 12.1 Å². The summed E-state index contributed by atoms with van der Waals surface area (Å²) in [6.45, 7) is 0. The molecule has 0 fully saturated rings. The minimum absolute atomic E-state index is 0.0539. The molecule has 7 heteroatoms. The zero-order chi connectivity index (χ0) is 14.7. The second kappa shape index (κ2) is 5.27. The zero-order valence-electron chi connectivity index (χ0n) is 10.0. The summed E-state index contributed by atoms with van der Waals surface area (Å²) in [5.41, 5.74) is -0.106. The van der Waals surface area contributed by atoms with Crippen LogP contribution in [0.5, 0.6) is 17.2 Å². The van der Waals surface area contributed by atoms with Gasteiger partial charge >= 0.3 is 5.97 Å². The smallest absolute Gasteiger partial charge is 0.343 e. The van der Waals surface area contributed by atoms with Gasteiger partial charge in [-0.2, -0.15) is 0 Å². The molecule has 2 rings (SSSR count). The minimum atomic E-state index is -0.850. The molecule has 7 nitrogen and oxygen atoms in total. The van der Waals surface area contributed by atoms with Crippen molar-refractivity contribution in [3.8, 4) is 17.2 Å². The summed E-state index contributed by atoms with van der Waals surface area (Å²) in [5, 5.41) is 29.4. The molecule has 0 saturated carbocycles. The van der Waals surface area contributed by atoms with Crippen molar-refractivity contribution in [1.82, 2.24) is 0 Å². The quantitative estimate of drug-likeness (QED) is 0.384. The number of esters is 1. The molecule has 0 amide bonds. The van der Waals surface area contributed by atoms with E-state index >= 15 is 0 Å². The van der Waals surface area contributed by atoms with Crippen LogP contribution in [0.15, 0.2) is 42.5 Å². The molecule has 2 aromatic carbocycles. The van der Waals surface area contributed by atoms with Crippen LogP contribution in [0.4, 0.5) is 5.69 Å². The van der Waals surface area contributed by atoms with E-state index in [4.69, 9.17) is 4.74 Å².